The molecule has 6 radical (unpaired) electrons. The molecule has 0 bridgehead atoms. The maximum atomic E-state index is 15.1. The number of benzene rings is 1. The van der Waals surface area contributed by atoms with E-state index in [2.05, 4.69) is 21.8 Å². The van der Waals surface area contributed by atoms with Gasteiger partial charge in [0.2, 0.25) is 0 Å². The maximum absolute atomic E-state index is 15.1. The van der Waals surface area contributed by atoms with Crippen molar-refractivity contribution in [3.8, 4) is 11.8 Å². The first-order chi connectivity index (χ1) is 16.4. The van der Waals surface area contributed by atoms with Crippen LogP contribution in [0.2, 0.25) is 0 Å². The molecule has 2 aliphatic rings. The Balaban J connectivity index is 1.68. The predicted molar refractivity (Wildman–Crippen MR) is 125 cm³/mol. The van der Waals surface area contributed by atoms with Crippen LogP contribution in [0.5, 0.6) is 0 Å². The fraction of sp³-hybridized carbons (Fsp3) is 0.348. The summed E-state index contributed by atoms with van der Waals surface area (Å²) in [7, 11) is 17.2. The van der Waals surface area contributed by atoms with E-state index in [1.807, 2.05) is 0 Å². The number of pyridine rings is 1. The van der Waals surface area contributed by atoms with Gasteiger partial charge in [-0.25, -0.2) is 14.2 Å². The third kappa shape index (κ3) is 3.91. The maximum Gasteiger partial charge on any atom is 0.405 e. The highest BCUT2D eigenvalue weighted by Crippen LogP contribution is 2.57. The summed E-state index contributed by atoms with van der Waals surface area (Å²) < 4.78 is 55.9. The number of fused-ring (bicyclic) bond motifs is 2. The zero-order chi connectivity index (χ0) is 25.2. The zero-order valence-corrected chi connectivity index (χ0v) is 18.4. The molecule has 0 unspecified atom stereocenters. The van der Waals surface area contributed by atoms with E-state index in [9.17, 15) is 18.0 Å². The second kappa shape index (κ2) is 7.90. The summed E-state index contributed by atoms with van der Waals surface area (Å²) in [6.45, 7) is 0.370. The van der Waals surface area contributed by atoms with Crippen molar-refractivity contribution in [1.29, 1.82) is 0 Å². The van der Waals surface area contributed by atoms with E-state index in [0.29, 0.717) is 30.6 Å². The monoisotopic (exact) mass is 472 g/mol. The summed E-state index contributed by atoms with van der Waals surface area (Å²) in [6.07, 6.45) is -2.03. The van der Waals surface area contributed by atoms with Crippen LogP contribution in [0.1, 0.15) is 30.5 Å². The number of rotatable bonds is 2. The normalized spacial score (nSPS) is 17.0. The molecule has 0 N–H and O–H groups in total. The Labute approximate surface area is 202 Å². The Morgan fingerprint density at radius 3 is 2.51 bits per heavy atom. The second-order valence-electron chi connectivity index (χ2n) is 8.82. The minimum absolute atomic E-state index is 0.0172. The lowest BCUT2D eigenvalue weighted by molar-refractivity contribution is -0.168. The number of aromatic nitrogens is 3. The van der Waals surface area contributed by atoms with E-state index in [0.717, 1.165) is 4.57 Å². The van der Waals surface area contributed by atoms with Gasteiger partial charge in [-0.3, -0.25) is 0 Å². The summed E-state index contributed by atoms with van der Waals surface area (Å²) in [5.41, 5.74) is -1.48. The van der Waals surface area contributed by atoms with Gasteiger partial charge in [0.05, 0.1) is 34.4 Å². The van der Waals surface area contributed by atoms with E-state index in [4.69, 9.17) is 23.5 Å². The third-order valence-electron chi connectivity index (χ3n) is 6.34. The molecule has 12 heteroatoms. The molecule has 0 amide bonds. The van der Waals surface area contributed by atoms with E-state index >= 15 is 4.39 Å². The molecular formula is C23H15B3F4N4O. The van der Waals surface area contributed by atoms with Gasteiger partial charge in [0, 0.05) is 24.0 Å². The lowest BCUT2D eigenvalue weighted by Gasteiger charge is -2.33. The standard InChI is InChI=1S/C23H15B3F4N4O/c24-23(25,26)34-17-5-1-4-14(27)18(17)19(32-20(34)35)33-12-2-3-13-15(31-11-7-16(13)33)6-8-21(9-10-21)22(28,29)30/h1,4-5,7,11H,2-3,9-10,12H2. The van der Waals surface area contributed by atoms with Crippen molar-refractivity contribution in [2.75, 3.05) is 11.4 Å². The van der Waals surface area contributed by atoms with Crippen molar-refractivity contribution < 1.29 is 17.6 Å². The average molecular weight is 472 g/mol. The van der Waals surface area contributed by atoms with Crippen molar-refractivity contribution >= 4 is 45.9 Å². The first-order valence-corrected chi connectivity index (χ1v) is 10.9. The molecule has 170 valence electrons. The Morgan fingerprint density at radius 2 is 1.86 bits per heavy atom. The highest BCUT2D eigenvalue weighted by Gasteiger charge is 2.62. The number of alkyl halides is 3. The number of hydrogen-bond donors (Lipinski definition) is 0. The number of hydrogen-bond acceptors (Lipinski definition) is 4. The van der Waals surface area contributed by atoms with Gasteiger partial charge in [-0.05, 0) is 49.8 Å². The first kappa shape index (κ1) is 23.5. The average Bonchev–Trinajstić information content (AvgIpc) is 3.57. The van der Waals surface area contributed by atoms with Crippen LogP contribution in [0.25, 0.3) is 10.9 Å². The molecule has 0 spiro atoms. The molecule has 35 heavy (non-hydrogen) atoms. The fourth-order valence-corrected chi connectivity index (χ4v) is 4.42. The molecule has 5 rings (SSSR count). The number of anilines is 2. The Bertz CT molecular complexity index is 1470. The number of halogens is 4. The van der Waals surface area contributed by atoms with Gasteiger partial charge in [0.15, 0.2) is 5.82 Å². The lowest BCUT2D eigenvalue weighted by Crippen LogP contribution is -2.44. The van der Waals surface area contributed by atoms with Crippen LogP contribution in [0.4, 0.5) is 29.1 Å². The fourth-order valence-electron chi connectivity index (χ4n) is 4.42. The first-order valence-electron chi connectivity index (χ1n) is 10.9. The molecule has 1 fully saturated rings. The molecule has 3 aromatic rings. The van der Waals surface area contributed by atoms with Crippen molar-refractivity contribution in [3.05, 3.63) is 58.0 Å². The molecule has 5 nitrogen and oxygen atoms in total. The summed E-state index contributed by atoms with van der Waals surface area (Å²) in [5.74, 6) is 4.34. The molecule has 1 saturated carbocycles. The summed E-state index contributed by atoms with van der Waals surface area (Å²) >= 11 is 0. The minimum Gasteiger partial charge on any atom is -0.325 e. The van der Waals surface area contributed by atoms with Gasteiger partial charge in [0.25, 0.3) is 0 Å². The van der Waals surface area contributed by atoms with E-state index in [1.165, 1.54) is 24.4 Å². The van der Waals surface area contributed by atoms with Gasteiger partial charge >= 0.3 is 11.9 Å². The van der Waals surface area contributed by atoms with Crippen LogP contribution < -0.4 is 10.6 Å². The molecule has 1 aliphatic heterocycles. The van der Waals surface area contributed by atoms with Crippen LogP contribution in [-0.4, -0.2) is 50.8 Å². The van der Waals surface area contributed by atoms with Crippen molar-refractivity contribution in [1.82, 2.24) is 14.5 Å². The van der Waals surface area contributed by atoms with Gasteiger partial charge in [-0.2, -0.15) is 18.2 Å². The van der Waals surface area contributed by atoms with Crippen molar-refractivity contribution in [3.63, 3.8) is 0 Å². The third-order valence-corrected chi connectivity index (χ3v) is 6.34. The molecule has 0 saturated heterocycles. The largest absolute Gasteiger partial charge is 0.405 e. The lowest BCUT2D eigenvalue weighted by atomic mass is 9.49. The number of nitrogens with zero attached hydrogens (tertiary/aromatic N) is 4. The van der Waals surface area contributed by atoms with Crippen LogP contribution in [0, 0.1) is 23.1 Å². The van der Waals surface area contributed by atoms with Crippen molar-refractivity contribution in [2.24, 2.45) is 5.41 Å². The van der Waals surface area contributed by atoms with E-state index in [1.54, 1.807) is 11.0 Å². The van der Waals surface area contributed by atoms with Crippen LogP contribution in [0.15, 0.2) is 35.3 Å². The van der Waals surface area contributed by atoms with Gasteiger partial charge in [-0.15, -0.1) is 0 Å². The Kier molecular flexibility index (Phi) is 5.31. The highest BCUT2D eigenvalue weighted by molar-refractivity contribution is 6.56. The molecule has 1 aromatic carbocycles. The molecule has 2 aromatic heterocycles. The smallest absolute Gasteiger partial charge is 0.325 e. The summed E-state index contributed by atoms with van der Waals surface area (Å²) in [6, 6.07) is 5.68. The Hall–Kier alpha value is -3.22. The summed E-state index contributed by atoms with van der Waals surface area (Å²) in [5, 5.41) is -2.15. The van der Waals surface area contributed by atoms with Gasteiger partial charge < -0.3 is 9.47 Å². The van der Waals surface area contributed by atoms with Crippen LogP contribution in [-0.2, 0) is 11.7 Å². The molecule has 0 atom stereocenters. The Morgan fingerprint density at radius 1 is 1.11 bits per heavy atom. The molecule has 1 aliphatic carbocycles. The minimum atomic E-state index is -4.41. The SMILES string of the molecule is [B]C([B])([B])n1c(=O)nc(N2CCCc3c2ccnc3C#CC2(C(F)(F)F)CC2)c2c(F)cccc21. The predicted octanol–water partition coefficient (Wildman–Crippen LogP) is 2.78. The highest BCUT2D eigenvalue weighted by atomic mass is 19.4. The van der Waals surface area contributed by atoms with Crippen LogP contribution >= 0.6 is 0 Å². The summed E-state index contributed by atoms with van der Waals surface area (Å²) in [4.78, 5) is 22.8. The van der Waals surface area contributed by atoms with E-state index in [-0.39, 0.29) is 35.3 Å². The second-order valence-corrected chi connectivity index (χ2v) is 8.82. The molecule has 3 heterocycles. The van der Waals surface area contributed by atoms with Crippen molar-refractivity contribution in [2.45, 2.75) is 37.1 Å². The van der Waals surface area contributed by atoms with E-state index < -0.39 is 28.3 Å². The molecular weight excluding hydrogens is 457 g/mol. The zero-order valence-electron chi connectivity index (χ0n) is 18.4. The van der Waals surface area contributed by atoms with Gasteiger partial charge in [0.1, 0.15) is 16.9 Å². The topological polar surface area (TPSA) is 51.0 Å². The van der Waals surface area contributed by atoms with Gasteiger partial charge in [-0.1, -0.05) is 17.2 Å². The quantitative estimate of drug-likeness (QED) is 0.328. The van der Waals surface area contributed by atoms with Crippen LogP contribution in [0.3, 0.4) is 0 Å².